The predicted molar refractivity (Wildman–Crippen MR) is 224 cm³/mol. The zero-order valence-electron chi connectivity index (χ0n) is 32.1. The van der Waals surface area contributed by atoms with Crippen LogP contribution in [-0.4, -0.2) is 6.71 Å². The molecular formula is C47H49BN2S. The molecule has 1 aromatic heterocycles. The molecule has 4 heterocycles. The van der Waals surface area contributed by atoms with E-state index in [4.69, 9.17) is 0 Å². The number of hydrogen-bond donors (Lipinski definition) is 0. The summed E-state index contributed by atoms with van der Waals surface area (Å²) < 4.78 is 2.78. The van der Waals surface area contributed by atoms with Crippen LogP contribution in [0.3, 0.4) is 0 Å². The van der Waals surface area contributed by atoms with E-state index >= 15 is 0 Å². The van der Waals surface area contributed by atoms with Gasteiger partial charge in [-0.15, -0.1) is 11.3 Å². The molecule has 0 unspecified atom stereocenters. The standard InChI is InChI=1S/C47H49BN2S/c1-44(2,3)28-16-20-31(21-17-28)49-38-25-22-33-42-40(38)48(43-41(49)32-14-12-13-15-39(32)51-43)35-27-30(46(7,8)9)19-24-37(35)50(42)36-23-18-29(45(4,5)6)26-34(36)47(33,10)11/h12-27H,1-11H3. The molecule has 0 spiro atoms. The van der Waals surface area contributed by atoms with E-state index in [1.54, 1.807) is 0 Å². The van der Waals surface area contributed by atoms with Crippen molar-refractivity contribution in [1.29, 1.82) is 0 Å². The lowest BCUT2D eigenvalue weighted by molar-refractivity contribution is 0.580. The van der Waals surface area contributed by atoms with Gasteiger partial charge in [0.05, 0.1) is 11.4 Å². The summed E-state index contributed by atoms with van der Waals surface area (Å²) in [5.74, 6) is 0. The molecule has 9 rings (SSSR count). The Hall–Kier alpha value is -4.28. The second kappa shape index (κ2) is 10.4. The lowest BCUT2D eigenvalue weighted by atomic mass is 9.35. The quantitative estimate of drug-likeness (QED) is 0.159. The van der Waals surface area contributed by atoms with Crippen molar-refractivity contribution < 1.29 is 0 Å². The van der Waals surface area contributed by atoms with Gasteiger partial charge in [0.1, 0.15) is 0 Å². The smallest absolute Gasteiger partial charge is 0.264 e. The second-order valence-corrected chi connectivity index (χ2v) is 19.8. The van der Waals surface area contributed by atoms with Crippen LogP contribution in [0.5, 0.6) is 0 Å². The molecule has 0 amide bonds. The normalized spacial score (nSPS) is 15.8. The summed E-state index contributed by atoms with van der Waals surface area (Å²) in [5, 5.41) is 1.33. The van der Waals surface area contributed by atoms with Crippen LogP contribution in [0.1, 0.15) is 104 Å². The van der Waals surface area contributed by atoms with Crippen molar-refractivity contribution in [1.82, 2.24) is 0 Å². The molecule has 2 nitrogen and oxygen atoms in total. The van der Waals surface area contributed by atoms with Crippen molar-refractivity contribution in [3.8, 4) is 0 Å². The Morgan fingerprint density at radius 3 is 1.80 bits per heavy atom. The Labute approximate surface area is 309 Å². The first-order valence-corrected chi connectivity index (χ1v) is 19.5. The molecule has 51 heavy (non-hydrogen) atoms. The van der Waals surface area contributed by atoms with Gasteiger partial charge in [-0.1, -0.05) is 137 Å². The highest BCUT2D eigenvalue weighted by atomic mass is 32.1. The zero-order valence-corrected chi connectivity index (χ0v) is 32.9. The molecule has 3 aliphatic heterocycles. The highest BCUT2D eigenvalue weighted by Crippen LogP contribution is 2.56. The van der Waals surface area contributed by atoms with Crippen molar-refractivity contribution in [3.63, 3.8) is 0 Å². The van der Waals surface area contributed by atoms with Gasteiger partial charge in [0.25, 0.3) is 6.71 Å². The third kappa shape index (κ3) is 4.61. The van der Waals surface area contributed by atoms with Crippen molar-refractivity contribution in [3.05, 3.63) is 125 Å². The highest BCUT2D eigenvalue weighted by Gasteiger charge is 2.50. The van der Waals surface area contributed by atoms with Gasteiger partial charge in [-0.25, -0.2) is 0 Å². The Morgan fingerprint density at radius 2 is 1.14 bits per heavy atom. The van der Waals surface area contributed by atoms with Crippen LogP contribution in [-0.2, 0) is 21.7 Å². The topological polar surface area (TPSA) is 6.48 Å². The molecule has 6 aromatic rings. The van der Waals surface area contributed by atoms with E-state index < -0.39 is 0 Å². The first-order chi connectivity index (χ1) is 24.0. The summed E-state index contributed by atoms with van der Waals surface area (Å²) in [6.07, 6.45) is 0. The van der Waals surface area contributed by atoms with Gasteiger partial charge in [0, 0.05) is 43.0 Å². The summed E-state index contributed by atoms with van der Waals surface area (Å²) in [6, 6.07) is 38.0. The van der Waals surface area contributed by atoms with Crippen LogP contribution < -0.4 is 25.5 Å². The number of thiophene rings is 1. The maximum atomic E-state index is 2.64. The molecule has 0 aliphatic carbocycles. The minimum Gasteiger partial charge on any atom is -0.311 e. The average Bonchev–Trinajstić information content (AvgIpc) is 3.45. The fourth-order valence-corrected chi connectivity index (χ4v) is 10.2. The number of anilines is 6. The minimum atomic E-state index is -0.176. The van der Waals surface area contributed by atoms with E-state index in [1.807, 2.05) is 11.3 Å². The van der Waals surface area contributed by atoms with Crippen molar-refractivity contribution in [2.45, 2.75) is 97.8 Å². The monoisotopic (exact) mass is 684 g/mol. The molecule has 0 bridgehead atoms. The maximum absolute atomic E-state index is 2.64. The van der Waals surface area contributed by atoms with E-state index in [2.05, 4.69) is 183 Å². The largest absolute Gasteiger partial charge is 0.311 e. The van der Waals surface area contributed by atoms with Crippen LogP contribution in [0.15, 0.2) is 97.1 Å². The number of benzene rings is 5. The molecule has 256 valence electrons. The van der Waals surface area contributed by atoms with Crippen molar-refractivity contribution in [2.75, 3.05) is 9.80 Å². The van der Waals surface area contributed by atoms with E-state index in [0.29, 0.717) is 0 Å². The molecule has 0 N–H and O–H groups in total. The molecule has 0 saturated heterocycles. The van der Waals surface area contributed by atoms with Gasteiger partial charge >= 0.3 is 0 Å². The van der Waals surface area contributed by atoms with Gasteiger partial charge in [0.15, 0.2) is 0 Å². The summed E-state index contributed by atoms with van der Waals surface area (Å²) in [4.78, 5) is 5.23. The van der Waals surface area contributed by atoms with Crippen molar-refractivity contribution >= 4 is 78.0 Å². The van der Waals surface area contributed by atoms with Crippen LogP contribution >= 0.6 is 11.3 Å². The number of fused-ring (bicyclic) bond motifs is 9. The van der Waals surface area contributed by atoms with Gasteiger partial charge in [-0.2, -0.15) is 0 Å². The lowest BCUT2D eigenvalue weighted by Crippen LogP contribution is -2.61. The Kier molecular flexibility index (Phi) is 6.66. The average molecular weight is 685 g/mol. The van der Waals surface area contributed by atoms with E-state index in [0.717, 1.165) is 0 Å². The van der Waals surface area contributed by atoms with Crippen LogP contribution in [0.25, 0.3) is 10.1 Å². The summed E-state index contributed by atoms with van der Waals surface area (Å²) in [7, 11) is 0. The lowest BCUT2D eigenvalue weighted by Gasteiger charge is -2.50. The van der Waals surface area contributed by atoms with E-state index in [1.165, 1.54) is 87.7 Å². The summed E-state index contributed by atoms with van der Waals surface area (Å²) in [5.41, 5.74) is 17.6. The predicted octanol–water partition coefficient (Wildman–Crippen LogP) is 11.5. The molecule has 0 saturated carbocycles. The van der Waals surface area contributed by atoms with Crippen molar-refractivity contribution in [2.24, 2.45) is 0 Å². The second-order valence-electron chi connectivity index (χ2n) is 18.7. The van der Waals surface area contributed by atoms with Gasteiger partial charge in [-0.3, -0.25) is 0 Å². The van der Waals surface area contributed by atoms with Gasteiger partial charge in [0.2, 0.25) is 0 Å². The first-order valence-electron chi connectivity index (χ1n) is 18.7. The van der Waals surface area contributed by atoms with Gasteiger partial charge in [-0.05, 0) is 91.4 Å². The van der Waals surface area contributed by atoms with Crippen LogP contribution in [0, 0.1) is 0 Å². The molecule has 0 fully saturated rings. The minimum absolute atomic E-state index is 0.0297. The zero-order chi connectivity index (χ0) is 36.0. The molecule has 4 heteroatoms. The third-order valence-corrected chi connectivity index (χ3v) is 13.1. The summed E-state index contributed by atoms with van der Waals surface area (Å²) in [6.45, 7) is 25.9. The van der Waals surface area contributed by atoms with E-state index in [-0.39, 0.29) is 28.4 Å². The summed E-state index contributed by atoms with van der Waals surface area (Å²) >= 11 is 1.98. The maximum Gasteiger partial charge on any atom is 0.264 e. The first kappa shape index (κ1) is 32.6. The van der Waals surface area contributed by atoms with Crippen LogP contribution in [0.2, 0.25) is 0 Å². The fraction of sp³-hybridized carbons (Fsp3) is 0.319. The number of nitrogens with zero attached hydrogens (tertiary/aromatic N) is 2. The third-order valence-electron chi connectivity index (χ3n) is 11.9. The number of rotatable bonds is 1. The Bertz CT molecular complexity index is 2410. The molecule has 0 atom stereocenters. The molecule has 0 radical (unpaired) electrons. The molecule has 5 aromatic carbocycles. The fourth-order valence-electron chi connectivity index (χ4n) is 8.90. The number of hydrogen-bond acceptors (Lipinski definition) is 3. The Morgan fingerprint density at radius 1 is 0.549 bits per heavy atom. The molecular weight excluding hydrogens is 635 g/mol. The molecule has 3 aliphatic rings. The SMILES string of the molecule is CC(C)(C)c1ccc(N2c3ccc4c5c3B(c3cc(C(C)(C)C)ccc3N5c3ccc(C(C)(C)C)cc3C4(C)C)c3sc4ccccc4c32)cc1. The van der Waals surface area contributed by atoms with E-state index in [9.17, 15) is 0 Å². The van der Waals surface area contributed by atoms with Gasteiger partial charge < -0.3 is 9.80 Å². The van der Waals surface area contributed by atoms with Crippen LogP contribution in [0.4, 0.5) is 34.1 Å². The Balaban J connectivity index is 1.40. The highest BCUT2D eigenvalue weighted by molar-refractivity contribution is 7.33.